The van der Waals surface area contributed by atoms with Crippen molar-refractivity contribution >= 4 is 34.0 Å². The van der Waals surface area contributed by atoms with E-state index >= 15 is 0 Å². The first kappa shape index (κ1) is 21.2. The number of benzene rings is 2. The third-order valence-electron chi connectivity index (χ3n) is 5.37. The number of hydrogen-bond donors (Lipinski definition) is 0. The van der Waals surface area contributed by atoms with Crippen LogP contribution in [0.5, 0.6) is 0 Å². The van der Waals surface area contributed by atoms with Gasteiger partial charge in [0, 0.05) is 0 Å². The molecule has 2 aromatic carbocycles. The molecule has 0 N–H and O–H groups in total. The molecule has 1 aromatic heterocycles. The molecule has 0 saturated heterocycles. The summed E-state index contributed by atoms with van der Waals surface area (Å²) in [5.41, 5.74) is 1.23. The van der Waals surface area contributed by atoms with E-state index in [-0.39, 0.29) is 0 Å². The minimum Gasteiger partial charge on any atom is -0.219 e. The summed E-state index contributed by atoms with van der Waals surface area (Å²) in [5.74, 6) is 0. The number of aryl methyl sites for hydroxylation is 1. The van der Waals surface area contributed by atoms with Crippen LogP contribution in [0, 0.1) is 0 Å². The number of unbranched alkanes of at least 4 members (excludes halogenated alkanes) is 7. The van der Waals surface area contributed by atoms with Crippen molar-refractivity contribution in [1.29, 1.82) is 0 Å². The summed E-state index contributed by atoms with van der Waals surface area (Å²) in [7, 11) is 0. The molecule has 0 atom stereocenters. The maximum absolute atomic E-state index is 6.50. The monoisotopic (exact) mass is 417 g/mol. The SMILES string of the molecule is CCCCCCCCCCn1c[n+](Cc2ccc3ccccc3c2)c(Cl)c1Cl. The molecule has 3 rings (SSSR count). The van der Waals surface area contributed by atoms with E-state index in [1.807, 2.05) is 4.57 Å². The van der Waals surface area contributed by atoms with Gasteiger partial charge in [-0.25, -0.2) is 9.13 Å². The second kappa shape index (κ2) is 10.9. The lowest BCUT2D eigenvalue weighted by Crippen LogP contribution is -2.33. The molecule has 0 unspecified atom stereocenters. The van der Waals surface area contributed by atoms with Crippen LogP contribution in [0.2, 0.25) is 10.3 Å². The standard InChI is InChI=1S/C24H31Cl2N2/c1-2-3-4-5-6-7-8-11-16-27-19-28(24(26)23(27)25)18-20-14-15-21-12-9-10-13-22(21)17-20/h9-10,12-15,17,19H,2-8,11,16,18H2,1H3/q+1. The first-order valence-corrected chi connectivity index (χ1v) is 11.4. The summed E-state index contributed by atoms with van der Waals surface area (Å²) in [5, 5.41) is 3.77. The summed E-state index contributed by atoms with van der Waals surface area (Å²) in [4.78, 5) is 0. The first-order chi connectivity index (χ1) is 13.7. The zero-order chi connectivity index (χ0) is 19.8. The van der Waals surface area contributed by atoms with E-state index in [2.05, 4.69) is 60.3 Å². The van der Waals surface area contributed by atoms with Gasteiger partial charge in [0.15, 0.2) is 0 Å². The molecule has 1 heterocycles. The minimum absolute atomic E-state index is 0.620. The Balaban J connectivity index is 1.53. The van der Waals surface area contributed by atoms with Crippen molar-refractivity contribution in [2.24, 2.45) is 0 Å². The number of rotatable bonds is 11. The number of hydrogen-bond acceptors (Lipinski definition) is 0. The first-order valence-electron chi connectivity index (χ1n) is 10.6. The van der Waals surface area contributed by atoms with Crippen LogP contribution in [-0.2, 0) is 13.1 Å². The molecule has 0 fully saturated rings. The summed E-state index contributed by atoms with van der Waals surface area (Å²) in [6, 6.07) is 15.0. The molecule has 150 valence electrons. The number of aromatic nitrogens is 2. The molecule has 28 heavy (non-hydrogen) atoms. The van der Waals surface area contributed by atoms with E-state index < -0.39 is 0 Å². The molecule has 0 aliphatic rings. The summed E-state index contributed by atoms with van der Waals surface area (Å²) < 4.78 is 4.13. The molecule has 2 nitrogen and oxygen atoms in total. The molecular weight excluding hydrogens is 387 g/mol. The lowest BCUT2D eigenvalue weighted by Gasteiger charge is -2.02. The van der Waals surface area contributed by atoms with Crippen LogP contribution in [-0.4, -0.2) is 4.57 Å². The fourth-order valence-electron chi connectivity index (χ4n) is 3.72. The number of fused-ring (bicyclic) bond motifs is 1. The zero-order valence-electron chi connectivity index (χ0n) is 16.8. The van der Waals surface area contributed by atoms with Gasteiger partial charge in [-0.2, -0.15) is 0 Å². The van der Waals surface area contributed by atoms with Gasteiger partial charge in [-0.15, -0.1) is 0 Å². The smallest absolute Gasteiger partial charge is 0.219 e. The molecule has 0 spiro atoms. The van der Waals surface area contributed by atoms with Crippen molar-refractivity contribution in [3.63, 3.8) is 0 Å². The molecule has 3 aromatic rings. The summed E-state index contributed by atoms with van der Waals surface area (Å²) in [6.07, 6.45) is 12.6. The molecule has 4 heteroatoms. The number of imidazole rings is 1. The Labute approximate surface area is 179 Å². The Morgan fingerprint density at radius 1 is 0.821 bits per heavy atom. The number of halogens is 2. The van der Waals surface area contributed by atoms with Gasteiger partial charge in [0.05, 0.1) is 6.54 Å². The Morgan fingerprint density at radius 2 is 1.50 bits per heavy atom. The largest absolute Gasteiger partial charge is 0.255 e. The maximum atomic E-state index is 6.50. The Kier molecular flexibility index (Phi) is 8.24. The maximum Gasteiger partial charge on any atom is 0.255 e. The second-order valence-electron chi connectivity index (χ2n) is 7.67. The fraction of sp³-hybridized carbons (Fsp3) is 0.458. The van der Waals surface area contributed by atoms with Gasteiger partial charge in [-0.3, -0.25) is 0 Å². The van der Waals surface area contributed by atoms with Gasteiger partial charge in [0.1, 0.15) is 6.54 Å². The van der Waals surface area contributed by atoms with Crippen molar-refractivity contribution in [2.75, 3.05) is 0 Å². The lowest BCUT2D eigenvalue weighted by molar-refractivity contribution is -0.685. The van der Waals surface area contributed by atoms with Crippen LogP contribution in [0.3, 0.4) is 0 Å². The Hall–Kier alpha value is -1.51. The van der Waals surface area contributed by atoms with Crippen LogP contribution < -0.4 is 4.57 Å². The van der Waals surface area contributed by atoms with Gasteiger partial charge in [-0.1, -0.05) is 81.8 Å². The van der Waals surface area contributed by atoms with Gasteiger partial charge >= 0.3 is 0 Å². The van der Waals surface area contributed by atoms with Gasteiger partial charge < -0.3 is 0 Å². The number of nitrogens with zero attached hydrogens (tertiary/aromatic N) is 2. The molecule has 0 amide bonds. The van der Waals surface area contributed by atoms with Crippen molar-refractivity contribution < 1.29 is 4.57 Å². The third kappa shape index (κ3) is 5.75. The molecule has 0 bridgehead atoms. The zero-order valence-corrected chi connectivity index (χ0v) is 18.4. The fourth-order valence-corrected chi connectivity index (χ4v) is 4.17. The van der Waals surface area contributed by atoms with E-state index in [0.717, 1.165) is 19.5 Å². The topological polar surface area (TPSA) is 8.81 Å². The van der Waals surface area contributed by atoms with Crippen LogP contribution in [0.4, 0.5) is 0 Å². The van der Waals surface area contributed by atoms with Gasteiger partial charge in [-0.05, 0) is 58.4 Å². The highest BCUT2D eigenvalue weighted by Crippen LogP contribution is 2.21. The van der Waals surface area contributed by atoms with E-state index in [9.17, 15) is 0 Å². The van der Waals surface area contributed by atoms with E-state index in [0.29, 0.717) is 10.3 Å². The van der Waals surface area contributed by atoms with Gasteiger partial charge in [0.2, 0.25) is 6.33 Å². The minimum atomic E-state index is 0.620. The average molecular weight is 418 g/mol. The normalized spacial score (nSPS) is 11.4. The van der Waals surface area contributed by atoms with E-state index in [1.54, 1.807) is 0 Å². The lowest BCUT2D eigenvalue weighted by atomic mass is 10.1. The Morgan fingerprint density at radius 3 is 2.25 bits per heavy atom. The third-order valence-corrected chi connectivity index (χ3v) is 6.26. The highest BCUT2D eigenvalue weighted by atomic mass is 35.5. The molecule has 0 radical (unpaired) electrons. The second-order valence-corrected chi connectivity index (χ2v) is 8.39. The predicted molar refractivity (Wildman–Crippen MR) is 120 cm³/mol. The molecule has 0 aliphatic heterocycles. The van der Waals surface area contributed by atoms with Crippen molar-refractivity contribution in [1.82, 2.24) is 4.57 Å². The van der Waals surface area contributed by atoms with Crippen LogP contribution in [0.25, 0.3) is 10.8 Å². The Bertz CT molecular complexity index is 885. The van der Waals surface area contributed by atoms with Crippen LogP contribution >= 0.6 is 23.2 Å². The molecule has 0 saturated carbocycles. The summed E-state index contributed by atoms with van der Waals surface area (Å²) in [6.45, 7) is 3.92. The molecule has 0 aliphatic carbocycles. The van der Waals surface area contributed by atoms with Crippen molar-refractivity contribution in [3.05, 3.63) is 64.7 Å². The highest BCUT2D eigenvalue weighted by Gasteiger charge is 2.20. The van der Waals surface area contributed by atoms with Crippen LogP contribution in [0.1, 0.15) is 63.9 Å². The van der Waals surface area contributed by atoms with E-state index in [1.165, 1.54) is 61.3 Å². The predicted octanol–water partition coefficient (Wildman–Crippen LogP) is 7.42. The van der Waals surface area contributed by atoms with E-state index in [4.69, 9.17) is 23.2 Å². The van der Waals surface area contributed by atoms with Crippen molar-refractivity contribution in [3.8, 4) is 0 Å². The van der Waals surface area contributed by atoms with Crippen molar-refractivity contribution in [2.45, 2.75) is 71.4 Å². The summed E-state index contributed by atoms with van der Waals surface area (Å²) >= 11 is 13.0. The average Bonchev–Trinajstić information content (AvgIpc) is 2.98. The van der Waals surface area contributed by atoms with Gasteiger partial charge in [0.25, 0.3) is 10.3 Å². The van der Waals surface area contributed by atoms with Crippen LogP contribution in [0.15, 0.2) is 48.8 Å². The molecular formula is C24H31Cl2N2+. The highest BCUT2D eigenvalue weighted by molar-refractivity contribution is 6.39. The quantitative estimate of drug-likeness (QED) is 0.226.